The van der Waals surface area contributed by atoms with Crippen molar-refractivity contribution in [3.8, 4) is 0 Å². The molecule has 0 aromatic heterocycles. The van der Waals surface area contributed by atoms with E-state index in [0.29, 0.717) is 12.2 Å². The molecule has 0 radical (unpaired) electrons. The van der Waals surface area contributed by atoms with E-state index < -0.39 is 28.9 Å². The molecule has 1 N–H and O–H groups in total. The van der Waals surface area contributed by atoms with Gasteiger partial charge in [-0.1, -0.05) is 0 Å². The molecule has 1 aliphatic heterocycles. The molecule has 0 aromatic rings. The summed E-state index contributed by atoms with van der Waals surface area (Å²) >= 11 is 0. The van der Waals surface area contributed by atoms with Gasteiger partial charge in [0.25, 0.3) is 0 Å². The van der Waals surface area contributed by atoms with Crippen LogP contribution in [-0.4, -0.2) is 34.3 Å². The third kappa shape index (κ3) is 2.30. The third-order valence-electron chi connectivity index (χ3n) is 1.46. The summed E-state index contributed by atoms with van der Waals surface area (Å²) in [4.78, 5) is 21.3. The van der Waals surface area contributed by atoms with Gasteiger partial charge in [0, 0.05) is 22.8 Å². The highest BCUT2D eigenvalue weighted by Crippen LogP contribution is 2.04. The van der Waals surface area contributed by atoms with Crippen LogP contribution in [0.1, 0.15) is 6.42 Å². The Bertz CT molecular complexity index is 240. The molecule has 12 heavy (non-hydrogen) atoms. The SMILES string of the molecule is CS(=O)CCC1NC(=O)OC1=O. The van der Waals surface area contributed by atoms with E-state index in [-0.39, 0.29) is 0 Å². The summed E-state index contributed by atoms with van der Waals surface area (Å²) in [6.45, 7) is 0. The maximum Gasteiger partial charge on any atom is 0.415 e. The van der Waals surface area contributed by atoms with Gasteiger partial charge in [0.1, 0.15) is 6.04 Å². The molecule has 0 aromatic carbocycles. The molecule has 68 valence electrons. The molecule has 1 fully saturated rings. The number of carbonyl (C=O) groups is 2. The third-order valence-corrected chi connectivity index (χ3v) is 2.27. The fraction of sp³-hybridized carbons (Fsp3) is 0.667. The summed E-state index contributed by atoms with van der Waals surface area (Å²) in [5.74, 6) is -0.189. The van der Waals surface area contributed by atoms with E-state index in [1.165, 1.54) is 0 Å². The molecule has 1 amide bonds. The minimum atomic E-state index is -0.947. The molecule has 0 aliphatic carbocycles. The number of esters is 1. The molecule has 5 nitrogen and oxygen atoms in total. The topological polar surface area (TPSA) is 72.5 Å². The highest BCUT2D eigenvalue weighted by Gasteiger charge is 2.31. The average molecular weight is 191 g/mol. The Kier molecular flexibility index (Phi) is 2.80. The van der Waals surface area contributed by atoms with Crippen molar-refractivity contribution in [2.75, 3.05) is 12.0 Å². The number of nitrogens with one attached hydrogen (secondary N) is 1. The molecule has 2 unspecified atom stereocenters. The molecule has 1 rings (SSSR count). The normalized spacial score (nSPS) is 24.9. The number of hydrogen-bond acceptors (Lipinski definition) is 4. The van der Waals surface area contributed by atoms with Gasteiger partial charge in [-0.25, -0.2) is 9.59 Å². The van der Waals surface area contributed by atoms with Crippen LogP contribution in [0.25, 0.3) is 0 Å². The van der Waals surface area contributed by atoms with Crippen LogP contribution in [0.2, 0.25) is 0 Å². The Morgan fingerprint density at radius 2 is 2.25 bits per heavy atom. The van der Waals surface area contributed by atoms with Crippen LogP contribution in [0, 0.1) is 0 Å². The monoisotopic (exact) mass is 191 g/mol. The quantitative estimate of drug-likeness (QED) is 0.477. The minimum Gasteiger partial charge on any atom is -0.375 e. The van der Waals surface area contributed by atoms with Crippen LogP contribution in [0.15, 0.2) is 0 Å². The average Bonchev–Trinajstić information content (AvgIpc) is 2.26. The Morgan fingerprint density at radius 3 is 2.67 bits per heavy atom. The summed E-state index contributed by atoms with van der Waals surface area (Å²) in [7, 11) is -0.947. The predicted molar refractivity (Wildman–Crippen MR) is 42.0 cm³/mol. The van der Waals surface area contributed by atoms with Gasteiger partial charge in [-0.05, 0) is 6.42 Å². The summed E-state index contributed by atoms with van der Waals surface area (Å²) in [5, 5.41) is 2.31. The van der Waals surface area contributed by atoms with Crippen LogP contribution < -0.4 is 5.32 Å². The second-order valence-electron chi connectivity index (χ2n) is 2.47. The van der Waals surface area contributed by atoms with Crippen molar-refractivity contribution in [3.63, 3.8) is 0 Å². The Labute approximate surface area is 71.9 Å². The molecular formula is C6H9NO4S. The number of ether oxygens (including phenoxy) is 1. The standard InChI is InChI=1S/C6H9NO4S/c1-12(10)3-2-4-5(8)11-6(9)7-4/h4H,2-3H2,1H3,(H,7,9). The predicted octanol–water partition coefficient (Wildman–Crippen LogP) is -0.610. The van der Waals surface area contributed by atoms with Gasteiger partial charge in [0.2, 0.25) is 0 Å². The second kappa shape index (κ2) is 3.66. The van der Waals surface area contributed by atoms with Gasteiger partial charge >= 0.3 is 12.1 Å². The maximum atomic E-state index is 10.8. The van der Waals surface area contributed by atoms with E-state index in [9.17, 15) is 13.8 Å². The highest BCUT2D eigenvalue weighted by atomic mass is 32.2. The fourth-order valence-corrected chi connectivity index (χ4v) is 1.43. The zero-order chi connectivity index (χ0) is 9.14. The largest absolute Gasteiger partial charge is 0.415 e. The van der Waals surface area contributed by atoms with E-state index >= 15 is 0 Å². The lowest BCUT2D eigenvalue weighted by Gasteiger charge is -2.01. The van der Waals surface area contributed by atoms with Crippen LogP contribution in [-0.2, 0) is 20.3 Å². The smallest absolute Gasteiger partial charge is 0.375 e. The Balaban J connectivity index is 2.38. The number of rotatable bonds is 3. The molecule has 0 saturated carbocycles. The zero-order valence-electron chi connectivity index (χ0n) is 6.53. The first-order valence-electron chi connectivity index (χ1n) is 3.42. The maximum absolute atomic E-state index is 10.8. The van der Waals surface area contributed by atoms with E-state index in [1.54, 1.807) is 6.26 Å². The van der Waals surface area contributed by atoms with Crippen molar-refractivity contribution in [2.24, 2.45) is 0 Å². The van der Waals surface area contributed by atoms with Gasteiger partial charge in [-0.15, -0.1) is 0 Å². The summed E-state index contributed by atoms with van der Waals surface area (Å²) in [5.41, 5.74) is 0. The summed E-state index contributed by atoms with van der Waals surface area (Å²) < 4.78 is 14.9. The van der Waals surface area contributed by atoms with E-state index in [0.717, 1.165) is 0 Å². The first-order chi connectivity index (χ1) is 5.59. The van der Waals surface area contributed by atoms with Crippen LogP contribution in [0.3, 0.4) is 0 Å². The van der Waals surface area contributed by atoms with Crippen molar-refractivity contribution in [2.45, 2.75) is 12.5 Å². The first-order valence-corrected chi connectivity index (χ1v) is 5.14. The van der Waals surface area contributed by atoms with Crippen LogP contribution in [0.5, 0.6) is 0 Å². The second-order valence-corrected chi connectivity index (χ2v) is 4.03. The van der Waals surface area contributed by atoms with Crippen molar-refractivity contribution in [1.29, 1.82) is 0 Å². The molecule has 1 saturated heterocycles. The molecule has 0 spiro atoms. The van der Waals surface area contributed by atoms with E-state index in [1.807, 2.05) is 0 Å². The summed E-state index contributed by atoms with van der Waals surface area (Å²) in [6, 6.07) is -0.610. The van der Waals surface area contributed by atoms with Gasteiger partial charge in [0.05, 0.1) is 0 Å². The van der Waals surface area contributed by atoms with Gasteiger partial charge in [-0.2, -0.15) is 0 Å². The van der Waals surface area contributed by atoms with Crippen molar-refractivity contribution < 1.29 is 18.5 Å². The highest BCUT2D eigenvalue weighted by molar-refractivity contribution is 7.84. The Morgan fingerprint density at radius 1 is 1.58 bits per heavy atom. The fourth-order valence-electron chi connectivity index (χ4n) is 0.867. The molecule has 0 bridgehead atoms. The number of alkyl carbamates (subject to hydrolysis) is 1. The van der Waals surface area contributed by atoms with Crippen molar-refractivity contribution >= 4 is 22.9 Å². The number of hydrogen-bond donors (Lipinski definition) is 1. The first kappa shape index (κ1) is 9.18. The molecule has 1 heterocycles. The van der Waals surface area contributed by atoms with Crippen LogP contribution in [0.4, 0.5) is 4.79 Å². The lowest BCUT2D eigenvalue weighted by Crippen LogP contribution is -2.30. The number of cyclic esters (lactones) is 2. The lowest BCUT2D eigenvalue weighted by molar-refractivity contribution is -0.135. The van der Waals surface area contributed by atoms with Crippen LogP contribution >= 0.6 is 0 Å². The van der Waals surface area contributed by atoms with Gasteiger partial charge in [0.15, 0.2) is 0 Å². The van der Waals surface area contributed by atoms with E-state index in [2.05, 4.69) is 10.1 Å². The number of carbonyl (C=O) groups excluding carboxylic acids is 2. The minimum absolute atomic E-state index is 0.369. The number of amides is 1. The molecule has 1 aliphatic rings. The zero-order valence-corrected chi connectivity index (χ0v) is 7.35. The Hall–Kier alpha value is -0.910. The molecular weight excluding hydrogens is 182 g/mol. The molecule has 6 heteroatoms. The summed E-state index contributed by atoms with van der Waals surface area (Å²) in [6.07, 6.45) is 1.20. The molecule has 2 atom stereocenters. The van der Waals surface area contributed by atoms with Gasteiger partial charge in [-0.3, -0.25) is 4.21 Å². The van der Waals surface area contributed by atoms with Crippen molar-refractivity contribution in [3.05, 3.63) is 0 Å². The van der Waals surface area contributed by atoms with Crippen molar-refractivity contribution in [1.82, 2.24) is 5.32 Å². The lowest BCUT2D eigenvalue weighted by atomic mass is 10.2. The van der Waals surface area contributed by atoms with E-state index in [4.69, 9.17) is 0 Å². The van der Waals surface area contributed by atoms with Gasteiger partial charge < -0.3 is 10.1 Å².